The number of anilines is 1. The van der Waals surface area contributed by atoms with Gasteiger partial charge in [-0.1, -0.05) is 0 Å². The van der Waals surface area contributed by atoms with E-state index in [4.69, 9.17) is 0 Å². The van der Waals surface area contributed by atoms with E-state index in [1.165, 1.54) is 0 Å². The lowest BCUT2D eigenvalue weighted by Gasteiger charge is -2.32. The van der Waals surface area contributed by atoms with Crippen LogP contribution in [0.2, 0.25) is 0 Å². The minimum Gasteiger partial charge on any atom is -0.356 e. The van der Waals surface area contributed by atoms with Crippen molar-refractivity contribution in [1.82, 2.24) is 15.3 Å². The van der Waals surface area contributed by atoms with Crippen LogP contribution in [0.3, 0.4) is 0 Å². The first-order valence-corrected chi connectivity index (χ1v) is 7.06. The molecule has 2 fully saturated rings. The van der Waals surface area contributed by atoms with Gasteiger partial charge >= 0.3 is 0 Å². The zero-order valence-electron chi connectivity index (χ0n) is 11.3. The van der Waals surface area contributed by atoms with Gasteiger partial charge in [-0.15, -0.1) is 0 Å². The van der Waals surface area contributed by atoms with Gasteiger partial charge in [-0.3, -0.25) is 4.79 Å². The van der Waals surface area contributed by atoms with Crippen LogP contribution in [0.25, 0.3) is 0 Å². The van der Waals surface area contributed by atoms with Crippen molar-refractivity contribution in [3.63, 3.8) is 0 Å². The zero-order chi connectivity index (χ0) is 13.2. The maximum atomic E-state index is 12.1. The maximum Gasteiger partial charge on any atom is 0.225 e. The highest BCUT2D eigenvalue weighted by molar-refractivity contribution is 5.80. The van der Waals surface area contributed by atoms with Crippen molar-refractivity contribution in [3.8, 4) is 0 Å². The molecule has 1 unspecified atom stereocenters. The molecule has 19 heavy (non-hydrogen) atoms. The van der Waals surface area contributed by atoms with Crippen LogP contribution in [0, 0.1) is 12.8 Å². The first-order valence-electron chi connectivity index (χ1n) is 7.06. The van der Waals surface area contributed by atoms with Gasteiger partial charge in [-0.05, 0) is 32.6 Å². The van der Waals surface area contributed by atoms with Crippen LogP contribution in [0.15, 0.2) is 12.4 Å². The Balaban J connectivity index is 1.65. The smallest absolute Gasteiger partial charge is 0.225 e. The van der Waals surface area contributed by atoms with E-state index in [2.05, 4.69) is 20.2 Å². The van der Waals surface area contributed by atoms with E-state index in [1.807, 2.05) is 13.0 Å². The second-order valence-electron chi connectivity index (χ2n) is 5.59. The van der Waals surface area contributed by atoms with E-state index in [0.29, 0.717) is 6.04 Å². The Morgan fingerprint density at radius 1 is 1.37 bits per heavy atom. The van der Waals surface area contributed by atoms with Gasteiger partial charge in [-0.25, -0.2) is 9.97 Å². The van der Waals surface area contributed by atoms with Crippen molar-refractivity contribution in [2.24, 2.45) is 5.92 Å². The van der Waals surface area contributed by atoms with E-state index < -0.39 is 0 Å². The number of amides is 1. The number of nitrogens with zero attached hydrogens (tertiary/aromatic N) is 3. The molecule has 2 heterocycles. The molecule has 102 valence electrons. The molecule has 3 rings (SSSR count). The van der Waals surface area contributed by atoms with Crippen LogP contribution in [0.4, 0.5) is 5.82 Å². The molecule has 1 aliphatic heterocycles. The predicted molar refractivity (Wildman–Crippen MR) is 72.9 cm³/mol. The van der Waals surface area contributed by atoms with E-state index in [0.717, 1.165) is 50.3 Å². The summed E-state index contributed by atoms with van der Waals surface area (Å²) < 4.78 is 0. The molecule has 1 saturated heterocycles. The minimum atomic E-state index is 0.102. The Morgan fingerprint density at radius 3 is 2.95 bits per heavy atom. The normalized spacial score (nSPS) is 23.2. The molecule has 1 aliphatic carbocycles. The van der Waals surface area contributed by atoms with Crippen molar-refractivity contribution >= 4 is 11.7 Å². The van der Waals surface area contributed by atoms with Crippen LogP contribution >= 0.6 is 0 Å². The summed E-state index contributed by atoms with van der Waals surface area (Å²) in [6, 6.07) is 2.44. The molecular formula is C14H20N4O. The molecule has 1 aromatic rings. The lowest BCUT2D eigenvalue weighted by atomic mass is 9.97. The Bertz CT molecular complexity index is 472. The summed E-state index contributed by atoms with van der Waals surface area (Å²) in [6.07, 6.45) is 5.92. The third-order valence-corrected chi connectivity index (χ3v) is 3.83. The molecule has 5 nitrogen and oxygen atoms in total. The monoisotopic (exact) mass is 260 g/mol. The third kappa shape index (κ3) is 3.03. The number of hydrogen-bond donors (Lipinski definition) is 1. The molecule has 1 N–H and O–H groups in total. The number of carbonyl (C=O) groups is 1. The SMILES string of the molecule is Cc1cc(N2CCCC(C(=O)NC3CC3)C2)ncn1. The molecule has 2 aliphatic rings. The van der Waals surface area contributed by atoms with Gasteiger partial charge in [0, 0.05) is 30.9 Å². The second kappa shape index (κ2) is 5.15. The highest BCUT2D eigenvalue weighted by Gasteiger charge is 2.30. The number of aryl methyl sites for hydroxylation is 1. The lowest BCUT2D eigenvalue weighted by molar-refractivity contribution is -0.125. The summed E-state index contributed by atoms with van der Waals surface area (Å²) >= 11 is 0. The van der Waals surface area contributed by atoms with Crippen LogP contribution in [-0.2, 0) is 4.79 Å². The van der Waals surface area contributed by atoms with Crippen LogP contribution < -0.4 is 10.2 Å². The molecule has 1 saturated carbocycles. The van der Waals surface area contributed by atoms with Crippen molar-refractivity contribution in [3.05, 3.63) is 18.1 Å². The lowest BCUT2D eigenvalue weighted by Crippen LogP contribution is -2.44. The first-order chi connectivity index (χ1) is 9.22. The number of rotatable bonds is 3. The molecule has 1 aromatic heterocycles. The number of piperidine rings is 1. The zero-order valence-corrected chi connectivity index (χ0v) is 11.3. The summed E-state index contributed by atoms with van der Waals surface area (Å²) in [6.45, 7) is 3.71. The first kappa shape index (κ1) is 12.4. The number of carbonyl (C=O) groups excluding carboxylic acids is 1. The Morgan fingerprint density at radius 2 is 2.21 bits per heavy atom. The van der Waals surface area contributed by atoms with Gasteiger partial charge in [0.05, 0.1) is 5.92 Å². The van der Waals surface area contributed by atoms with Crippen LogP contribution in [0.1, 0.15) is 31.4 Å². The molecule has 5 heteroatoms. The quantitative estimate of drug-likeness (QED) is 0.889. The number of aromatic nitrogens is 2. The third-order valence-electron chi connectivity index (χ3n) is 3.83. The minimum absolute atomic E-state index is 0.102. The molecule has 0 spiro atoms. The van der Waals surface area contributed by atoms with E-state index in [1.54, 1.807) is 6.33 Å². The standard InChI is InChI=1S/C14H20N4O/c1-10-7-13(16-9-15-10)18-6-2-3-11(8-18)14(19)17-12-4-5-12/h7,9,11-12H,2-6,8H2,1H3,(H,17,19). The van der Waals surface area contributed by atoms with Gasteiger partial charge in [0.2, 0.25) is 5.91 Å². The molecule has 1 atom stereocenters. The topological polar surface area (TPSA) is 58.1 Å². The Labute approximate surface area is 113 Å². The fourth-order valence-corrected chi connectivity index (χ4v) is 2.56. The van der Waals surface area contributed by atoms with Crippen molar-refractivity contribution in [2.45, 2.75) is 38.6 Å². The summed E-state index contributed by atoms with van der Waals surface area (Å²) in [7, 11) is 0. The fraction of sp³-hybridized carbons (Fsp3) is 0.643. The predicted octanol–water partition coefficient (Wildman–Crippen LogP) is 1.28. The number of nitrogens with one attached hydrogen (secondary N) is 1. The van der Waals surface area contributed by atoms with E-state index in [-0.39, 0.29) is 11.8 Å². The van der Waals surface area contributed by atoms with Gasteiger partial charge in [0.25, 0.3) is 0 Å². The molecular weight excluding hydrogens is 240 g/mol. The Kier molecular flexibility index (Phi) is 3.36. The maximum absolute atomic E-state index is 12.1. The fourth-order valence-electron chi connectivity index (χ4n) is 2.56. The summed E-state index contributed by atoms with van der Waals surface area (Å²) in [5.74, 6) is 1.26. The highest BCUT2D eigenvalue weighted by atomic mass is 16.2. The summed E-state index contributed by atoms with van der Waals surface area (Å²) in [5.41, 5.74) is 0.967. The molecule has 1 amide bonds. The van der Waals surface area contributed by atoms with Crippen LogP contribution in [-0.4, -0.2) is 35.0 Å². The van der Waals surface area contributed by atoms with Gasteiger partial charge < -0.3 is 10.2 Å². The van der Waals surface area contributed by atoms with Gasteiger partial charge in [0.1, 0.15) is 12.1 Å². The van der Waals surface area contributed by atoms with Crippen molar-refractivity contribution in [1.29, 1.82) is 0 Å². The highest BCUT2D eigenvalue weighted by Crippen LogP contribution is 2.24. The Hall–Kier alpha value is -1.65. The number of hydrogen-bond acceptors (Lipinski definition) is 4. The van der Waals surface area contributed by atoms with Crippen LogP contribution in [0.5, 0.6) is 0 Å². The molecule has 0 aromatic carbocycles. The largest absolute Gasteiger partial charge is 0.356 e. The van der Waals surface area contributed by atoms with Crippen molar-refractivity contribution < 1.29 is 4.79 Å². The van der Waals surface area contributed by atoms with Gasteiger partial charge in [-0.2, -0.15) is 0 Å². The molecule has 0 radical (unpaired) electrons. The summed E-state index contributed by atoms with van der Waals surface area (Å²) in [5, 5.41) is 3.11. The van der Waals surface area contributed by atoms with Crippen molar-refractivity contribution in [2.75, 3.05) is 18.0 Å². The van der Waals surface area contributed by atoms with E-state index >= 15 is 0 Å². The average Bonchev–Trinajstić information content (AvgIpc) is 3.23. The average molecular weight is 260 g/mol. The van der Waals surface area contributed by atoms with Gasteiger partial charge in [0.15, 0.2) is 0 Å². The molecule has 0 bridgehead atoms. The second-order valence-corrected chi connectivity index (χ2v) is 5.59. The van der Waals surface area contributed by atoms with E-state index in [9.17, 15) is 4.79 Å². The summed E-state index contributed by atoms with van der Waals surface area (Å²) in [4.78, 5) is 22.8.